The van der Waals surface area contributed by atoms with E-state index in [1.54, 1.807) is 19.2 Å². The van der Waals surface area contributed by atoms with Crippen LogP contribution in [0.5, 0.6) is 0 Å². The van der Waals surface area contributed by atoms with Crippen molar-refractivity contribution in [3.63, 3.8) is 0 Å². The minimum absolute atomic E-state index is 0.114. The van der Waals surface area contributed by atoms with Crippen LogP contribution in [-0.2, 0) is 16.0 Å². The summed E-state index contributed by atoms with van der Waals surface area (Å²) < 4.78 is 47.0. The number of halogens is 3. The van der Waals surface area contributed by atoms with Gasteiger partial charge in [-0.15, -0.1) is 0 Å². The highest BCUT2D eigenvalue weighted by Crippen LogP contribution is 2.33. The van der Waals surface area contributed by atoms with E-state index in [9.17, 15) is 18.0 Å². The highest BCUT2D eigenvalue weighted by Gasteiger charge is 2.34. The van der Waals surface area contributed by atoms with Crippen LogP contribution < -0.4 is 10.6 Å². The summed E-state index contributed by atoms with van der Waals surface area (Å²) in [7, 11) is 1.76. The van der Waals surface area contributed by atoms with Gasteiger partial charge in [0.2, 0.25) is 5.91 Å². The molecule has 0 spiro atoms. The van der Waals surface area contributed by atoms with Crippen molar-refractivity contribution in [3.8, 4) is 11.3 Å². The topological polar surface area (TPSA) is 66.1 Å². The normalized spacial score (nSPS) is 18.8. The molecule has 3 N–H and O–H groups in total. The molecule has 0 aliphatic carbocycles. The maximum atomic E-state index is 14.4. The van der Waals surface area contributed by atoms with E-state index in [4.69, 9.17) is 4.74 Å². The second-order valence-electron chi connectivity index (χ2n) is 7.48. The Balaban J connectivity index is 1.65. The molecule has 3 aromatic rings. The molecule has 0 radical (unpaired) electrons. The van der Waals surface area contributed by atoms with Gasteiger partial charge in [0, 0.05) is 30.0 Å². The van der Waals surface area contributed by atoms with Crippen LogP contribution in [0.15, 0.2) is 36.4 Å². The summed E-state index contributed by atoms with van der Waals surface area (Å²) >= 11 is 0. The quantitative estimate of drug-likeness (QED) is 0.537. The lowest BCUT2D eigenvalue weighted by atomic mass is 10.0. The van der Waals surface area contributed by atoms with Gasteiger partial charge in [0.1, 0.15) is 23.1 Å². The van der Waals surface area contributed by atoms with E-state index in [0.717, 1.165) is 6.07 Å². The summed E-state index contributed by atoms with van der Waals surface area (Å²) in [6.07, 6.45) is 1.02. The van der Waals surface area contributed by atoms with E-state index in [2.05, 4.69) is 15.6 Å². The number of carbonyl (C=O) groups excluding carboxylic acids is 1. The van der Waals surface area contributed by atoms with Crippen LogP contribution >= 0.6 is 0 Å². The molecule has 2 aromatic carbocycles. The molecule has 1 aliphatic heterocycles. The summed E-state index contributed by atoms with van der Waals surface area (Å²) in [5, 5.41) is 6.42. The van der Waals surface area contributed by atoms with Gasteiger partial charge in [-0.1, -0.05) is 0 Å². The summed E-state index contributed by atoms with van der Waals surface area (Å²) in [6, 6.07) is 7.76. The highest BCUT2D eigenvalue weighted by molar-refractivity contribution is 5.92. The Hall–Kier alpha value is -2.84. The fourth-order valence-corrected chi connectivity index (χ4v) is 3.89. The maximum Gasteiger partial charge on any atom is 0.221 e. The molecule has 4 rings (SSSR count). The molecular formula is C22H22F3N3O2. The van der Waals surface area contributed by atoms with Crippen LogP contribution in [0.2, 0.25) is 0 Å². The number of nitrogens with one attached hydrogen (secondary N) is 3. The van der Waals surface area contributed by atoms with Gasteiger partial charge in [-0.25, -0.2) is 13.2 Å². The number of hydrogen-bond donors (Lipinski definition) is 3. The molecule has 0 saturated carbocycles. The van der Waals surface area contributed by atoms with Gasteiger partial charge in [0.15, 0.2) is 0 Å². The fraction of sp³-hybridized carbons (Fsp3) is 0.318. The van der Waals surface area contributed by atoms with Crippen molar-refractivity contribution < 1.29 is 22.7 Å². The van der Waals surface area contributed by atoms with E-state index in [1.807, 2.05) is 0 Å². The van der Waals surface area contributed by atoms with Crippen LogP contribution in [-0.4, -0.2) is 36.8 Å². The number of hydrogen-bond acceptors (Lipinski definition) is 3. The summed E-state index contributed by atoms with van der Waals surface area (Å²) in [5.41, 5.74) is 1.32. The first-order chi connectivity index (χ1) is 14.4. The zero-order valence-corrected chi connectivity index (χ0v) is 16.5. The molecule has 30 heavy (non-hydrogen) atoms. The molecule has 1 atom stereocenters. The number of likely N-dealkylation sites (N-methyl/N-ethyl adjacent to an activating group) is 1. The Labute approximate surface area is 171 Å². The zero-order valence-electron chi connectivity index (χ0n) is 16.5. The van der Waals surface area contributed by atoms with Gasteiger partial charge in [-0.05, 0) is 54.9 Å². The Morgan fingerprint density at radius 2 is 1.93 bits per heavy atom. The third-order valence-electron chi connectivity index (χ3n) is 5.55. The second-order valence-corrected chi connectivity index (χ2v) is 7.48. The number of benzene rings is 2. The van der Waals surface area contributed by atoms with Gasteiger partial charge >= 0.3 is 0 Å². The monoisotopic (exact) mass is 417 g/mol. The SMILES string of the molecule is CNC1(NC(=O)CCc2c(-c3ccc(F)cc3)[nH]c3c(F)cc(F)cc23)CCOC1. The second kappa shape index (κ2) is 8.12. The number of ether oxygens (including phenoxy) is 1. The molecule has 158 valence electrons. The molecule has 1 amide bonds. The standard InChI is InChI=1S/C22H22F3N3O2/c1-26-22(8-9-30-12-22)28-19(29)7-6-16-17-10-15(24)11-18(25)21(17)27-20(16)13-2-4-14(23)5-3-13/h2-5,10-11,26-27H,6-9,12H2,1H3,(H,28,29). The van der Waals surface area contributed by atoms with Gasteiger partial charge in [0.05, 0.1) is 18.7 Å². The smallest absolute Gasteiger partial charge is 0.221 e. The summed E-state index contributed by atoms with van der Waals surface area (Å²) in [6.45, 7) is 0.927. The Morgan fingerprint density at radius 3 is 2.60 bits per heavy atom. The first-order valence-electron chi connectivity index (χ1n) is 9.74. The van der Waals surface area contributed by atoms with Crippen molar-refractivity contribution in [2.24, 2.45) is 0 Å². The van der Waals surface area contributed by atoms with Crippen molar-refractivity contribution in [1.82, 2.24) is 15.6 Å². The summed E-state index contributed by atoms with van der Waals surface area (Å²) in [4.78, 5) is 15.6. The first kappa shape index (κ1) is 20.4. The number of rotatable bonds is 6. The van der Waals surface area contributed by atoms with E-state index in [1.165, 1.54) is 18.2 Å². The Bertz CT molecular complexity index is 1070. The highest BCUT2D eigenvalue weighted by atomic mass is 19.1. The number of aromatic amines is 1. The van der Waals surface area contributed by atoms with E-state index >= 15 is 0 Å². The average molecular weight is 417 g/mol. The molecule has 8 heteroatoms. The number of fused-ring (bicyclic) bond motifs is 1. The third-order valence-corrected chi connectivity index (χ3v) is 5.55. The van der Waals surface area contributed by atoms with Crippen LogP contribution in [0.25, 0.3) is 22.2 Å². The lowest BCUT2D eigenvalue weighted by molar-refractivity contribution is -0.123. The lowest BCUT2D eigenvalue weighted by Gasteiger charge is -2.28. The zero-order chi connectivity index (χ0) is 21.3. The molecule has 1 fully saturated rings. The number of H-pyrrole nitrogens is 1. The molecule has 1 aliphatic rings. The predicted molar refractivity (Wildman–Crippen MR) is 107 cm³/mol. The van der Waals surface area contributed by atoms with Gasteiger partial charge < -0.3 is 15.0 Å². The first-order valence-corrected chi connectivity index (χ1v) is 9.74. The van der Waals surface area contributed by atoms with E-state index in [0.29, 0.717) is 41.8 Å². The lowest BCUT2D eigenvalue weighted by Crippen LogP contribution is -2.58. The van der Waals surface area contributed by atoms with E-state index in [-0.39, 0.29) is 24.3 Å². The van der Waals surface area contributed by atoms with E-state index < -0.39 is 23.1 Å². The average Bonchev–Trinajstić information content (AvgIpc) is 3.32. The van der Waals surface area contributed by atoms with Crippen molar-refractivity contribution in [2.75, 3.05) is 20.3 Å². The Kier molecular flexibility index (Phi) is 5.53. The van der Waals surface area contributed by atoms with Crippen molar-refractivity contribution >= 4 is 16.8 Å². The molecule has 5 nitrogen and oxygen atoms in total. The van der Waals surface area contributed by atoms with Crippen LogP contribution in [0.1, 0.15) is 18.4 Å². The maximum absolute atomic E-state index is 14.4. The fourth-order valence-electron chi connectivity index (χ4n) is 3.89. The van der Waals surface area contributed by atoms with Gasteiger partial charge in [-0.3, -0.25) is 10.1 Å². The number of carbonyl (C=O) groups is 1. The minimum Gasteiger partial charge on any atom is -0.377 e. The molecule has 1 unspecified atom stereocenters. The molecule has 1 aromatic heterocycles. The van der Waals surface area contributed by atoms with Crippen LogP contribution in [0.4, 0.5) is 13.2 Å². The third kappa shape index (κ3) is 3.93. The molecule has 1 saturated heterocycles. The Morgan fingerprint density at radius 1 is 1.17 bits per heavy atom. The largest absolute Gasteiger partial charge is 0.377 e. The molecular weight excluding hydrogens is 395 g/mol. The predicted octanol–water partition coefficient (Wildman–Crippen LogP) is 3.64. The molecule has 0 bridgehead atoms. The number of aryl methyl sites for hydroxylation is 1. The van der Waals surface area contributed by atoms with Crippen LogP contribution in [0.3, 0.4) is 0 Å². The van der Waals surface area contributed by atoms with Crippen molar-refractivity contribution in [1.29, 1.82) is 0 Å². The molecule has 2 heterocycles. The van der Waals surface area contributed by atoms with Gasteiger partial charge in [0.25, 0.3) is 0 Å². The van der Waals surface area contributed by atoms with Gasteiger partial charge in [-0.2, -0.15) is 0 Å². The minimum atomic E-state index is -0.721. The summed E-state index contributed by atoms with van der Waals surface area (Å²) in [5.74, 6) is -2.02. The van der Waals surface area contributed by atoms with Crippen molar-refractivity contribution in [3.05, 3.63) is 59.4 Å². The van der Waals surface area contributed by atoms with Crippen LogP contribution in [0, 0.1) is 17.5 Å². The van der Waals surface area contributed by atoms with Crippen molar-refractivity contribution in [2.45, 2.75) is 24.9 Å². The number of aromatic nitrogens is 1. The number of amides is 1.